The summed E-state index contributed by atoms with van der Waals surface area (Å²) in [5, 5.41) is 4.34. The maximum absolute atomic E-state index is 5.90. The summed E-state index contributed by atoms with van der Waals surface area (Å²) in [6.45, 7) is 3.05. The fraction of sp³-hybridized carbons (Fsp3) is 0.312. The van der Waals surface area contributed by atoms with Gasteiger partial charge in [-0.2, -0.15) is 11.3 Å². The lowest BCUT2D eigenvalue weighted by Crippen LogP contribution is -2.27. The van der Waals surface area contributed by atoms with Crippen molar-refractivity contribution in [3.05, 3.63) is 51.7 Å². The number of anilines is 1. The highest BCUT2D eigenvalue weighted by Crippen LogP contribution is 2.35. The lowest BCUT2D eigenvalue weighted by molar-refractivity contribution is 0.795. The molecule has 2 N–H and O–H groups in total. The summed E-state index contributed by atoms with van der Waals surface area (Å²) in [6, 6.07) is 9.16. The number of nitrogens with zero attached hydrogens (tertiary/aromatic N) is 1. The first-order chi connectivity index (χ1) is 9.65. The van der Waals surface area contributed by atoms with Gasteiger partial charge in [0.25, 0.3) is 0 Å². The van der Waals surface area contributed by atoms with Gasteiger partial charge in [0.05, 0.1) is 0 Å². The number of benzene rings is 1. The van der Waals surface area contributed by atoms with Gasteiger partial charge >= 0.3 is 0 Å². The quantitative estimate of drug-likeness (QED) is 0.850. The molecule has 1 aromatic carbocycles. The van der Waals surface area contributed by atoms with E-state index in [9.17, 15) is 0 Å². The van der Waals surface area contributed by atoms with Gasteiger partial charge in [0.15, 0.2) is 0 Å². The van der Waals surface area contributed by atoms with Crippen LogP contribution in [-0.2, 0) is 6.54 Å². The van der Waals surface area contributed by atoms with Crippen molar-refractivity contribution in [2.75, 3.05) is 4.90 Å². The SMILES string of the molecule is Cc1ccc(C(N)=S)c(N(Cc2ccsc2)C2CC2)c1. The Hall–Kier alpha value is -1.39. The number of thiocarbonyl (C=S) groups is 1. The van der Waals surface area contributed by atoms with E-state index in [-0.39, 0.29) is 0 Å². The third-order valence-corrected chi connectivity index (χ3v) is 4.60. The van der Waals surface area contributed by atoms with Gasteiger partial charge in [-0.15, -0.1) is 0 Å². The first kappa shape index (κ1) is 13.6. The zero-order valence-corrected chi connectivity index (χ0v) is 13.1. The number of rotatable bonds is 5. The molecule has 2 nitrogen and oxygen atoms in total. The van der Waals surface area contributed by atoms with E-state index in [1.54, 1.807) is 11.3 Å². The number of thiophene rings is 1. The van der Waals surface area contributed by atoms with Crippen LogP contribution >= 0.6 is 23.6 Å². The van der Waals surface area contributed by atoms with E-state index in [1.807, 2.05) is 0 Å². The molecule has 0 unspecified atom stereocenters. The van der Waals surface area contributed by atoms with Crippen LogP contribution in [0, 0.1) is 6.92 Å². The smallest absolute Gasteiger partial charge is 0.106 e. The predicted octanol–water partition coefficient (Wildman–Crippen LogP) is 3.86. The molecule has 1 aliphatic carbocycles. The van der Waals surface area contributed by atoms with Gasteiger partial charge < -0.3 is 10.6 Å². The first-order valence-electron chi connectivity index (χ1n) is 6.83. The maximum atomic E-state index is 5.90. The summed E-state index contributed by atoms with van der Waals surface area (Å²) in [6.07, 6.45) is 2.52. The van der Waals surface area contributed by atoms with Crippen molar-refractivity contribution < 1.29 is 0 Å². The minimum absolute atomic E-state index is 0.482. The summed E-state index contributed by atoms with van der Waals surface area (Å²) >= 11 is 6.97. The molecule has 0 amide bonds. The minimum Gasteiger partial charge on any atom is -0.389 e. The predicted molar refractivity (Wildman–Crippen MR) is 90.6 cm³/mol. The monoisotopic (exact) mass is 302 g/mol. The van der Waals surface area contributed by atoms with E-state index >= 15 is 0 Å². The molecule has 1 aromatic heterocycles. The second-order valence-electron chi connectivity index (χ2n) is 5.38. The molecule has 20 heavy (non-hydrogen) atoms. The number of aryl methyl sites for hydroxylation is 1. The van der Waals surface area contributed by atoms with E-state index < -0.39 is 0 Å². The summed E-state index contributed by atoms with van der Waals surface area (Å²) in [7, 11) is 0. The van der Waals surface area contributed by atoms with E-state index in [4.69, 9.17) is 18.0 Å². The second-order valence-corrected chi connectivity index (χ2v) is 6.60. The third-order valence-electron chi connectivity index (χ3n) is 3.65. The molecule has 0 atom stereocenters. The molecule has 4 heteroatoms. The van der Waals surface area contributed by atoms with Gasteiger partial charge in [-0.1, -0.05) is 18.3 Å². The standard InChI is InChI=1S/C16H18N2S2/c1-11-2-5-14(16(17)19)15(8-11)18(13-3-4-13)9-12-6-7-20-10-12/h2,5-8,10,13H,3-4,9H2,1H3,(H2,17,19). The molecule has 0 radical (unpaired) electrons. The molecule has 2 aromatic rings. The molecule has 0 spiro atoms. The molecule has 1 heterocycles. The summed E-state index contributed by atoms with van der Waals surface area (Å²) in [4.78, 5) is 2.94. The molecule has 104 valence electrons. The lowest BCUT2D eigenvalue weighted by atomic mass is 10.1. The molecule has 0 saturated heterocycles. The zero-order valence-electron chi connectivity index (χ0n) is 11.5. The van der Waals surface area contributed by atoms with Crippen molar-refractivity contribution in [2.45, 2.75) is 32.4 Å². The lowest BCUT2D eigenvalue weighted by Gasteiger charge is -2.27. The Balaban J connectivity index is 1.98. The summed E-state index contributed by atoms with van der Waals surface area (Å²) < 4.78 is 0. The van der Waals surface area contributed by atoms with Crippen LogP contribution < -0.4 is 10.6 Å². The Kier molecular flexibility index (Phi) is 3.76. The normalized spacial score (nSPS) is 14.2. The summed E-state index contributed by atoms with van der Waals surface area (Å²) in [5.41, 5.74) is 10.7. The number of hydrogen-bond acceptors (Lipinski definition) is 3. The van der Waals surface area contributed by atoms with Gasteiger partial charge in [0, 0.05) is 23.8 Å². The van der Waals surface area contributed by atoms with E-state index in [0.29, 0.717) is 11.0 Å². The Morgan fingerprint density at radius 3 is 2.80 bits per heavy atom. The van der Waals surface area contributed by atoms with Crippen LogP contribution in [-0.4, -0.2) is 11.0 Å². The molecule has 1 fully saturated rings. The second kappa shape index (κ2) is 5.54. The van der Waals surface area contributed by atoms with Gasteiger partial charge in [-0.05, 0) is 59.9 Å². The fourth-order valence-electron chi connectivity index (χ4n) is 2.46. The average Bonchev–Trinajstić information content (AvgIpc) is 3.12. The van der Waals surface area contributed by atoms with Crippen LogP contribution in [0.2, 0.25) is 0 Å². The first-order valence-corrected chi connectivity index (χ1v) is 8.18. The molecule has 0 aliphatic heterocycles. The summed E-state index contributed by atoms with van der Waals surface area (Å²) in [5.74, 6) is 0. The van der Waals surface area contributed by atoms with E-state index in [0.717, 1.165) is 12.1 Å². The molecule has 3 rings (SSSR count). The molecular weight excluding hydrogens is 284 g/mol. The molecule has 1 aliphatic rings. The van der Waals surface area contributed by atoms with Crippen LogP contribution in [0.15, 0.2) is 35.0 Å². The van der Waals surface area contributed by atoms with Crippen molar-refractivity contribution in [3.63, 3.8) is 0 Å². The Morgan fingerprint density at radius 1 is 1.40 bits per heavy atom. The van der Waals surface area contributed by atoms with Crippen LogP contribution in [0.4, 0.5) is 5.69 Å². The Morgan fingerprint density at radius 2 is 2.20 bits per heavy atom. The Labute approximate surface area is 129 Å². The van der Waals surface area contributed by atoms with Crippen molar-refractivity contribution >= 4 is 34.2 Å². The minimum atomic E-state index is 0.482. The van der Waals surface area contributed by atoms with Crippen LogP contribution in [0.3, 0.4) is 0 Å². The zero-order chi connectivity index (χ0) is 14.1. The van der Waals surface area contributed by atoms with E-state index in [2.05, 4.69) is 46.8 Å². The highest BCUT2D eigenvalue weighted by Gasteiger charge is 2.31. The van der Waals surface area contributed by atoms with Gasteiger partial charge in [-0.3, -0.25) is 0 Å². The average molecular weight is 302 g/mol. The molecular formula is C16H18N2S2. The van der Waals surface area contributed by atoms with Crippen molar-refractivity contribution in [3.8, 4) is 0 Å². The molecule has 0 bridgehead atoms. The fourth-order valence-corrected chi connectivity index (χ4v) is 3.30. The topological polar surface area (TPSA) is 29.3 Å². The number of nitrogens with two attached hydrogens (primary N) is 1. The van der Waals surface area contributed by atoms with Crippen LogP contribution in [0.25, 0.3) is 0 Å². The van der Waals surface area contributed by atoms with Gasteiger partial charge in [-0.25, -0.2) is 0 Å². The number of hydrogen-bond donors (Lipinski definition) is 1. The van der Waals surface area contributed by atoms with Gasteiger partial charge in [0.1, 0.15) is 4.99 Å². The van der Waals surface area contributed by atoms with Crippen molar-refractivity contribution in [2.24, 2.45) is 5.73 Å². The largest absolute Gasteiger partial charge is 0.389 e. The maximum Gasteiger partial charge on any atom is 0.106 e. The van der Waals surface area contributed by atoms with Crippen molar-refractivity contribution in [1.29, 1.82) is 0 Å². The van der Waals surface area contributed by atoms with E-state index in [1.165, 1.54) is 29.7 Å². The highest BCUT2D eigenvalue weighted by molar-refractivity contribution is 7.80. The Bertz CT molecular complexity index is 615. The molecule has 1 saturated carbocycles. The highest BCUT2D eigenvalue weighted by atomic mass is 32.1. The third kappa shape index (κ3) is 2.86. The van der Waals surface area contributed by atoms with Crippen LogP contribution in [0.5, 0.6) is 0 Å². The van der Waals surface area contributed by atoms with Crippen molar-refractivity contribution in [1.82, 2.24) is 0 Å². The van der Waals surface area contributed by atoms with Gasteiger partial charge in [0.2, 0.25) is 0 Å². The van der Waals surface area contributed by atoms with Crippen LogP contribution in [0.1, 0.15) is 29.5 Å².